The first kappa shape index (κ1) is 34.3. The minimum atomic E-state index is -0.778. The fourth-order valence-electron chi connectivity index (χ4n) is 5.69. The molecule has 4 aromatic rings. The van der Waals surface area contributed by atoms with Gasteiger partial charge in [-0.3, -0.25) is 4.79 Å². The molecule has 248 valence electrons. The Balaban J connectivity index is 1.65. The maximum atomic E-state index is 12.8. The average Bonchev–Trinajstić information content (AvgIpc) is 3.81. The summed E-state index contributed by atoms with van der Waals surface area (Å²) >= 11 is 0. The van der Waals surface area contributed by atoms with Gasteiger partial charge in [-0.2, -0.15) is 0 Å². The van der Waals surface area contributed by atoms with Crippen LogP contribution in [0.25, 0.3) is 0 Å². The molecular formula is C32H46N10O4. The van der Waals surface area contributed by atoms with E-state index in [4.69, 9.17) is 4.74 Å². The Labute approximate surface area is 269 Å². The Kier molecular flexibility index (Phi) is 11.3. The summed E-state index contributed by atoms with van der Waals surface area (Å²) in [4.78, 5) is 24.8. The minimum absolute atomic E-state index is 0.0521. The number of phenolic OH excluding ortho intramolecular Hbond substituents is 1. The van der Waals surface area contributed by atoms with Crippen LogP contribution in [0.5, 0.6) is 5.75 Å². The normalized spacial score (nSPS) is 15.6. The smallest absolute Gasteiger partial charge is 0.331 e. The minimum Gasteiger partial charge on any atom is -0.508 e. The van der Waals surface area contributed by atoms with E-state index in [-0.39, 0.29) is 54.0 Å². The lowest BCUT2D eigenvalue weighted by molar-refractivity contribution is -0.145. The molecule has 0 aliphatic carbocycles. The van der Waals surface area contributed by atoms with Crippen LogP contribution in [0.3, 0.4) is 0 Å². The summed E-state index contributed by atoms with van der Waals surface area (Å²) in [5, 5.41) is 39.8. The molecule has 0 fully saturated rings. The molecule has 0 spiro atoms. The van der Waals surface area contributed by atoms with Gasteiger partial charge in [-0.05, 0) is 35.4 Å². The topological polar surface area (TPSA) is 168 Å². The second-order valence-corrected chi connectivity index (χ2v) is 12.4. The molecule has 3 aromatic heterocycles. The van der Waals surface area contributed by atoms with Crippen molar-refractivity contribution in [2.75, 3.05) is 7.11 Å². The lowest BCUT2D eigenvalue weighted by atomic mass is 9.95. The number of carbonyl (C=O) groups is 2. The zero-order valence-corrected chi connectivity index (χ0v) is 27.9. The maximum Gasteiger partial charge on any atom is 0.331 e. The van der Waals surface area contributed by atoms with E-state index in [0.29, 0.717) is 11.4 Å². The summed E-state index contributed by atoms with van der Waals surface area (Å²) in [5.74, 6) is -0.0915. The molecule has 4 rings (SSSR count). The van der Waals surface area contributed by atoms with Gasteiger partial charge in [0.05, 0.1) is 31.7 Å². The predicted molar refractivity (Wildman–Crippen MR) is 170 cm³/mol. The van der Waals surface area contributed by atoms with Crippen LogP contribution < -0.4 is 5.32 Å². The molecule has 2 unspecified atom stereocenters. The van der Waals surface area contributed by atoms with E-state index >= 15 is 0 Å². The second-order valence-electron chi connectivity index (χ2n) is 12.4. The number of esters is 1. The van der Waals surface area contributed by atoms with Gasteiger partial charge in [0.25, 0.3) is 0 Å². The third-order valence-corrected chi connectivity index (χ3v) is 8.60. The van der Waals surface area contributed by atoms with Crippen molar-refractivity contribution in [3.63, 3.8) is 0 Å². The van der Waals surface area contributed by atoms with Crippen LogP contribution in [0.15, 0.2) is 42.9 Å². The van der Waals surface area contributed by atoms with E-state index < -0.39 is 12.0 Å². The highest BCUT2D eigenvalue weighted by Crippen LogP contribution is 2.32. The number of rotatable bonds is 15. The molecule has 14 nitrogen and oxygen atoms in total. The molecule has 1 aromatic carbocycles. The van der Waals surface area contributed by atoms with Crippen LogP contribution in [-0.4, -0.2) is 69.1 Å². The van der Waals surface area contributed by atoms with Crippen LogP contribution in [-0.2, 0) is 20.7 Å². The fraction of sp³-hybridized carbons (Fsp3) is 0.562. The zero-order chi connectivity index (χ0) is 33.5. The molecule has 0 saturated heterocycles. The van der Waals surface area contributed by atoms with Gasteiger partial charge in [0.1, 0.15) is 34.9 Å². The molecule has 46 heavy (non-hydrogen) atoms. The van der Waals surface area contributed by atoms with Gasteiger partial charge >= 0.3 is 5.97 Å². The summed E-state index contributed by atoms with van der Waals surface area (Å²) < 4.78 is 10.2. The molecule has 2 N–H and O–H groups in total. The van der Waals surface area contributed by atoms with Crippen LogP contribution in [0.2, 0.25) is 0 Å². The summed E-state index contributed by atoms with van der Waals surface area (Å²) in [6.45, 7) is 14.0. The molecular weight excluding hydrogens is 588 g/mol. The van der Waals surface area contributed by atoms with E-state index in [1.807, 2.05) is 23.1 Å². The monoisotopic (exact) mass is 634 g/mol. The van der Waals surface area contributed by atoms with E-state index in [9.17, 15) is 14.7 Å². The van der Waals surface area contributed by atoms with E-state index in [0.717, 1.165) is 24.1 Å². The van der Waals surface area contributed by atoms with E-state index in [1.165, 1.54) is 18.7 Å². The molecule has 0 bridgehead atoms. The lowest BCUT2D eigenvalue weighted by Gasteiger charge is -2.22. The van der Waals surface area contributed by atoms with Crippen LogP contribution >= 0.6 is 0 Å². The van der Waals surface area contributed by atoms with Gasteiger partial charge < -0.3 is 15.2 Å². The van der Waals surface area contributed by atoms with Crippen molar-refractivity contribution >= 4 is 11.9 Å². The highest BCUT2D eigenvalue weighted by atomic mass is 16.5. The van der Waals surface area contributed by atoms with Crippen LogP contribution in [0.1, 0.15) is 108 Å². The number of aromatic nitrogens is 9. The van der Waals surface area contributed by atoms with Gasteiger partial charge in [-0.1, -0.05) is 82.2 Å². The number of phenols is 1. The molecule has 0 saturated carbocycles. The average molecular weight is 635 g/mol. The number of hydrogen-bond donors (Lipinski definition) is 2. The standard InChI is InChI=1S/C32H46N10O4/c1-9-20(5)29(33-22(7)43)25-16-42(38-34-25)31(21(6)10-2)27-18-41(39-36-27)30(19(3)4)26-17-40(37-35-26)28(32(45)46-8)15-23-12-11-13-24(44)14-23/h11-14,16-21,28-31,44H,9-10,15H2,1-8H3,(H,33,43)/t20?,21?,28-,29+,30-,31+/m1/s1. The van der Waals surface area contributed by atoms with Crippen molar-refractivity contribution in [2.45, 2.75) is 91.9 Å². The number of amides is 1. The Bertz CT molecular complexity index is 1590. The van der Waals surface area contributed by atoms with Crippen LogP contribution in [0, 0.1) is 17.8 Å². The van der Waals surface area contributed by atoms with Gasteiger partial charge in [-0.15, -0.1) is 15.3 Å². The van der Waals surface area contributed by atoms with E-state index in [2.05, 4.69) is 77.8 Å². The number of carbonyl (C=O) groups excluding carboxylic acids is 2. The molecule has 14 heteroatoms. The van der Waals surface area contributed by atoms with Crippen molar-refractivity contribution in [3.8, 4) is 5.75 Å². The van der Waals surface area contributed by atoms with Crippen molar-refractivity contribution < 1.29 is 19.4 Å². The first-order chi connectivity index (χ1) is 22.0. The molecule has 0 aliphatic rings. The Hall–Kier alpha value is -4.62. The molecule has 0 radical (unpaired) electrons. The van der Waals surface area contributed by atoms with Crippen LogP contribution in [0.4, 0.5) is 0 Å². The zero-order valence-electron chi connectivity index (χ0n) is 27.9. The highest BCUT2D eigenvalue weighted by molar-refractivity contribution is 5.74. The summed E-state index contributed by atoms with van der Waals surface area (Å²) in [7, 11) is 1.33. The van der Waals surface area contributed by atoms with E-state index in [1.54, 1.807) is 29.1 Å². The van der Waals surface area contributed by atoms with Gasteiger partial charge in [0.2, 0.25) is 5.91 Å². The molecule has 0 aliphatic heterocycles. The number of nitrogens with zero attached hydrogens (tertiary/aromatic N) is 9. The van der Waals surface area contributed by atoms with Crippen molar-refractivity contribution in [3.05, 3.63) is 65.5 Å². The second kappa shape index (κ2) is 15.1. The number of methoxy groups -OCH3 is 1. The Morgan fingerprint density at radius 3 is 2.00 bits per heavy atom. The first-order valence-electron chi connectivity index (χ1n) is 15.8. The van der Waals surface area contributed by atoms with Gasteiger partial charge in [0, 0.05) is 13.3 Å². The van der Waals surface area contributed by atoms with Crippen molar-refractivity contribution in [2.24, 2.45) is 17.8 Å². The lowest BCUT2D eigenvalue weighted by Crippen LogP contribution is -2.31. The van der Waals surface area contributed by atoms with Crippen molar-refractivity contribution in [1.82, 2.24) is 50.3 Å². The number of nitrogens with one attached hydrogen (secondary N) is 1. The quantitative estimate of drug-likeness (QED) is 0.181. The van der Waals surface area contributed by atoms with Gasteiger partial charge in [-0.25, -0.2) is 18.8 Å². The largest absolute Gasteiger partial charge is 0.508 e. The Morgan fingerprint density at radius 2 is 1.41 bits per heavy atom. The maximum absolute atomic E-state index is 12.8. The number of hydrogen-bond acceptors (Lipinski definition) is 10. The highest BCUT2D eigenvalue weighted by Gasteiger charge is 2.31. The number of aromatic hydroxyl groups is 1. The predicted octanol–water partition coefficient (Wildman–Crippen LogP) is 4.23. The van der Waals surface area contributed by atoms with Gasteiger partial charge in [0.15, 0.2) is 6.04 Å². The SMILES string of the molecule is CCC(C)[C@H](NC(C)=O)c1cn([C@H](c2cn([C@@H](c3cn([C@H](Cc4cccc(O)c4)C(=O)OC)nn3)C(C)C)nn2)C(C)CC)nn1. The molecule has 3 heterocycles. The first-order valence-corrected chi connectivity index (χ1v) is 15.8. The number of ether oxygens (including phenoxy) is 1. The summed E-state index contributed by atoms with van der Waals surface area (Å²) in [5.41, 5.74) is 2.80. The third kappa shape index (κ3) is 7.77. The Morgan fingerprint density at radius 1 is 0.848 bits per heavy atom. The molecule has 1 amide bonds. The third-order valence-electron chi connectivity index (χ3n) is 8.60. The fourth-order valence-corrected chi connectivity index (χ4v) is 5.69. The molecule has 6 atom stereocenters. The summed E-state index contributed by atoms with van der Waals surface area (Å²) in [6.07, 6.45) is 7.55. The number of benzene rings is 1. The van der Waals surface area contributed by atoms with Crippen molar-refractivity contribution in [1.29, 1.82) is 0 Å². The summed E-state index contributed by atoms with van der Waals surface area (Å²) in [6, 6.07) is 5.14.